The number of carbonyl (C=O) groups is 3. The van der Waals surface area contributed by atoms with E-state index in [0.717, 1.165) is 38.9 Å². The van der Waals surface area contributed by atoms with Gasteiger partial charge >= 0.3 is 12.1 Å². The van der Waals surface area contributed by atoms with Crippen LogP contribution in [0.2, 0.25) is 0 Å². The molecule has 5 aromatic rings. The summed E-state index contributed by atoms with van der Waals surface area (Å²) in [6.45, 7) is -0.595. The molecule has 5 aromatic carbocycles. The monoisotopic (exact) mass is 700 g/mol. The van der Waals surface area contributed by atoms with Gasteiger partial charge in [-0.2, -0.15) is 0 Å². The summed E-state index contributed by atoms with van der Waals surface area (Å²) in [6.07, 6.45) is -0.812. The van der Waals surface area contributed by atoms with Crippen molar-refractivity contribution in [1.82, 2.24) is 10.6 Å². The summed E-state index contributed by atoms with van der Waals surface area (Å²) in [4.78, 5) is 38.0. The van der Waals surface area contributed by atoms with Crippen LogP contribution in [0, 0.1) is 0 Å². The Morgan fingerprint density at radius 1 is 0.692 bits per heavy atom. The standard InChI is InChI=1S/C42H40N2O8/c1-49-31-20-16-29(17-21-31)42(28-10-4-3-5-11-28,30-18-22-32(50-2)23-19-30)52-25-24-38(40(47)43-26-39(45)46)44-41(48)51-27-37-35-14-8-6-12-33(35)34-13-7-9-15-36(34)37/h3-23,37-38H,24-27H2,1-2H3,(H,43,47)(H,44,48)(H,45,46)/t38-/m0/s1. The number of fused-ring (bicyclic) bond motifs is 3. The molecule has 0 fully saturated rings. The van der Waals surface area contributed by atoms with Gasteiger partial charge in [-0.3, -0.25) is 9.59 Å². The van der Waals surface area contributed by atoms with E-state index in [0.29, 0.717) is 11.5 Å². The molecule has 1 atom stereocenters. The first-order valence-corrected chi connectivity index (χ1v) is 16.9. The molecule has 0 saturated carbocycles. The van der Waals surface area contributed by atoms with Gasteiger partial charge in [-0.25, -0.2) is 4.79 Å². The Morgan fingerprint density at radius 3 is 1.71 bits per heavy atom. The molecule has 0 aromatic heterocycles. The van der Waals surface area contributed by atoms with Gasteiger partial charge in [0.1, 0.15) is 36.3 Å². The molecule has 3 N–H and O–H groups in total. The second-order valence-corrected chi connectivity index (χ2v) is 12.3. The highest BCUT2D eigenvalue weighted by atomic mass is 16.5. The van der Waals surface area contributed by atoms with Gasteiger partial charge in [0.05, 0.1) is 20.8 Å². The first-order chi connectivity index (χ1) is 25.3. The first kappa shape index (κ1) is 35.7. The number of hydrogen-bond acceptors (Lipinski definition) is 7. The van der Waals surface area contributed by atoms with Crippen LogP contribution in [0.15, 0.2) is 127 Å². The van der Waals surface area contributed by atoms with Crippen LogP contribution in [-0.2, 0) is 24.7 Å². The molecule has 0 spiro atoms. The van der Waals surface area contributed by atoms with E-state index in [1.165, 1.54) is 0 Å². The van der Waals surface area contributed by atoms with E-state index in [1.54, 1.807) is 14.2 Å². The van der Waals surface area contributed by atoms with Crippen LogP contribution in [0.5, 0.6) is 11.5 Å². The third kappa shape index (κ3) is 7.62. The minimum atomic E-state index is -1.22. The minimum Gasteiger partial charge on any atom is -0.497 e. The lowest BCUT2D eigenvalue weighted by Gasteiger charge is -2.36. The number of aliphatic carboxylic acids is 1. The molecule has 6 rings (SSSR count). The predicted molar refractivity (Wildman–Crippen MR) is 196 cm³/mol. The zero-order valence-corrected chi connectivity index (χ0v) is 28.9. The summed E-state index contributed by atoms with van der Waals surface area (Å²) in [5, 5.41) is 14.3. The highest BCUT2D eigenvalue weighted by Gasteiger charge is 2.38. The Labute approximate surface area is 302 Å². The van der Waals surface area contributed by atoms with Crippen molar-refractivity contribution in [2.75, 3.05) is 34.0 Å². The van der Waals surface area contributed by atoms with Gasteiger partial charge in [-0.05, 0) is 63.2 Å². The third-order valence-electron chi connectivity index (χ3n) is 9.26. The lowest BCUT2D eigenvalue weighted by atomic mass is 9.80. The molecule has 0 heterocycles. The summed E-state index contributed by atoms with van der Waals surface area (Å²) in [7, 11) is 3.19. The SMILES string of the molecule is COc1ccc(C(OCC[C@H](NC(=O)OCC2c3ccccc3-c3ccccc32)C(=O)NCC(=O)O)(c2ccccc2)c2ccc(OC)cc2)cc1. The first-order valence-electron chi connectivity index (χ1n) is 16.9. The van der Waals surface area contributed by atoms with E-state index in [1.807, 2.05) is 127 Å². The second kappa shape index (κ2) is 16.3. The molecule has 0 bridgehead atoms. The molecule has 1 aliphatic rings. The predicted octanol–water partition coefficient (Wildman–Crippen LogP) is 6.51. The molecule has 10 heteroatoms. The molecule has 0 radical (unpaired) electrons. The van der Waals surface area contributed by atoms with E-state index < -0.39 is 36.2 Å². The quantitative estimate of drug-likeness (QED) is 0.105. The largest absolute Gasteiger partial charge is 0.497 e. The maximum Gasteiger partial charge on any atom is 0.407 e. The van der Waals surface area contributed by atoms with Crippen molar-refractivity contribution in [2.45, 2.75) is 24.0 Å². The van der Waals surface area contributed by atoms with Crippen molar-refractivity contribution in [1.29, 1.82) is 0 Å². The van der Waals surface area contributed by atoms with Crippen molar-refractivity contribution in [3.8, 4) is 22.6 Å². The maximum absolute atomic E-state index is 13.3. The van der Waals surface area contributed by atoms with Crippen LogP contribution >= 0.6 is 0 Å². The van der Waals surface area contributed by atoms with Crippen molar-refractivity contribution in [3.05, 3.63) is 155 Å². The van der Waals surface area contributed by atoms with Gasteiger partial charge in [0.25, 0.3) is 0 Å². The molecule has 0 saturated heterocycles. The fourth-order valence-corrected chi connectivity index (χ4v) is 6.74. The van der Waals surface area contributed by atoms with Gasteiger partial charge < -0.3 is 34.7 Å². The fourth-order valence-electron chi connectivity index (χ4n) is 6.74. The summed E-state index contributed by atoms with van der Waals surface area (Å²) in [5.74, 6) is -0.739. The van der Waals surface area contributed by atoms with E-state index >= 15 is 0 Å². The van der Waals surface area contributed by atoms with Crippen LogP contribution in [0.25, 0.3) is 11.1 Å². The van der Waals surface area contributed by atoms with Crippen LogP contribution in [0.1, 0.15) is 40.2 Å². The van der Waals surface area contributed by atoms with Crippen LogP contribution < -0.4 is 20.1 Å². The molecule has 2 amide bonds. The molecule has 266 valence electrons. The normalized spacial score (nSPS) is 12.6. The maximum atomic E-state index is 13.3. The number of alkyl carbamates (subject to hydrolysis) is 1. The number of amides is 2. The Bertz CT molecular complexity index is 1900. The number of benzene rings is 5. The van der Waals surface area contributed by atoms with Crippen LogP contribution in [-0.4, -0.2) is 63.1 Å². The van der Waals surface area contributed by atoms with Crippen molar-refractivity contribution >= 4 is 18.0 Å². The van der Waals surface area contributed by atoms with Gasteiger partial charge in [0.15, 0.2) is 0 Å². The number of methoxy groups -OCH3 is 2. The number of ether oxygens (including phenoxy) is 4. The summed E-state index contributed by atoms with van der Waals surface area (Å²) in [5.41, 5.74) is 5.52. The number of hydrogen-bond donors (Lipinski definition) is 3. The Kier molecular flexibility index (Phi) is 11.2. The lowest BCUT2D eigenvalue weighted by molar-refractivity contribution is -0.138. The molecule has 0 unspecified atom stereocenters. The number of rotatable bonds is 15. The number of carboxylic acid groups (broad SMARTS) is 1. The van der Waals surface area contributed by atoms with E-state index in [2.05, 4.69) is 10.6 Å². The number of nitrogens with one attached hydrogen (secondary N) is 2. The van der Waals surface area contributed by atoms with Crippen molar-refractivity contribution in [3.63, 3.8) is 0 Å². The molecular weight excluding hydrogens is 660 g/mol. The van der Waals surface area contributed by atoms with Crippen molar-refractivity contribution < 1.29 is 38.4 Å². The summed E-state index contributed by atoms with van der Waals surface area (Å²) < 4.78 is 23.5. The Morgan fingerprint density at radius 2 is 1.19 bits per heavy atom. The van der Waals surface area contributed by atoms with Crippen LogP contribution in [0.4, 0.5) is 4.79 Å². The van der Waals surface area contributed by atoms with E-state index in [9.17, 15) is 19.5 Å². The van der Waals surface area contributed by atoms with Gasteiger partial charge in [0, 0.05) is 12.3 Å². The van der Waals surface area contributed by atoms with E-state index in [-0.39, 0.29) is 25.6 Å². The molecule has 52 heavy (non-hydrogen) atoms. The summed E-state index contributed by atoms with van der Waals surface area (Å²) >= 11 is 0. The smallest absolute Gasteiger partial charge is 0.407 e. The number of carboxylic acids is 1. The molecular formula is C42H40N2O8. The lowest BCUT2D eigenvalue weighted by Crippen LogP contribution is -2.49. The average molecular weight is 701 g/mol. The van der Waals surface area contributed by atoms with E-state index in [4.69, 9.17) is 18.9 Å². The van der Waals surface area contributed by atoms with Gasteiger partial charge in [0.2, 0.25) is 5.91 Å². The third-order valence-corrected chi connectivity index (χ3v) is 9.26. The number of carbonyl (C=O) groups excluding carboxylic acids is 2. The van der Waals surface area contributed by atoms with Crippen LogP contribution in [0.3, 0.4) is 0 Å². The molecule has 1 aliphatic carbocycles. The van der Waals surface area contributed by atoms with Gasteiger partial charge in [-0.15, -0.1) is 0 Å². The minimum absolute atomic E-state index is 0.00343. The molecule has 0 aliphatic heterocycles. The topological polar surface area (TPSA) is 132 Å². The Balaban J connectivity index is 1.25. The zero-order valence-electron chi connectivity index (χ0n) is 28.9. The highest BCUT2D eigenvalue weighted by molar-refractivity contribution is 5.88. The van der Waals surface area contributed by atoms with Gasteiger partial charge in [-0.1, -0.05) is 103 Å². The second-order valence-electron chi connectivity index (χ2n) is 12.3. The fraction of sp³-hybridized carbons (Fsp3) is 0.214. The average Bonchev–Trinajstić information content (AvgIpc) is 3.51. The molecule has 10 nitrogen and oxygen atoms in total. The summed E-state index contributed by atoms with van der Waals surface area (Å²) in [6, 6.07) is 39.6. The highest BCUT2D eigenvalue weighted by Crippen LogP contribution is 2.45. The van der Waals surface area contributed by atoms with Crippen molar-refractivity contribution in [2.24, 2.45) is 0 Å². The Hall–Kier alpha value is -6.13. The zero-order chi connectivity index (χ0) is 36.5.